The molecule has 3 heterocycles. The van der Waals surface area contributed by atoms with Gasteiger partial charge in [-0.15, -0.1) is 0 Å². The SMILES string of the molecule is Nc1ncnc2c1ncn2[C@@H]1O[C@H](COCc2ccccc2)[C@@H](O)[C@@H]1F. The zero-order chi connectivity index (χ0) is 18.1. The summed E-state index contributed by atoms with van der Waals surface area (Å²) >= 11 is 0. The minimum atomic E-state index is -1.64. The van der Waals surface area contributed by atoms with Crippen LogP contribution in [0.2, 0.25) is 0 Å². The lowest BCUT2D eigenvalue weighted by Crippen LogP contribution is -2.31. The average Bonchev–Trinajstić information content (AvgIpc) is 3.20. The largest absolute Gasteiger partial charge is 0.387 e. The summed E-state index contributed by atoms with van der Waals surface area (Å²) in [4.78, 5) is 12.0. The molecule has 4 atom stereocenters. The van der Waals surface area contributed by atoms with E-state index in [1.807, 2.05) is 30.3 Å². The van der Waals surface area contributed by atoms with Crippen LogP contribution in [0, 0.1) is 0 Å². The standard InChI is InChI=1S/C17H18FN5O3/c18-12-14(24)11(7-25-6-10-4-2-1-3-5-10)26-17(12)23-9-22-13-15(19)20-8-21-16(13)23/h1-5,8-9,11-12,14,17,24H,6-7H2,(H2,19,20,21)/t11-,12+,14-,17-/m1/s1. The van der Waals surface area contributed by atoms with Gasteiger partial charge in [-0.25, -0.2) is 19.3 Å². The molecule has 3 aromatic rings. The van der Waals surface area contributed by atoms with Crippen LogP contribution in [0.15, 0.2) is 43.0 Å². The maximum atomic E-state index is 14.6. The highest BCUT2D eigenvalue weighted by atomic mass is 19.1. The van der Waals surface area contributed by atoms with Crippen LogP contribution in [0.4, 0.5) is 10.2 Å². The first-order valence-corrected chi connectivity index (χ1v) is 8.17. The predicted molar refractivity (Wildman–Crippen MR) is 90.6 cm³/mol. The summed E-state index contributed by atoms with van der Waals surface area (Å²) in [6.07, 6.45) is -2.16. The number of aliphatic hydroxyl groups is 1. The normalized spacial score (nSPS) is 25.8. The highest BCUT2D eigenvalue weighted by Crippen LogP contribution is 2.34. The van der Waals surface area contributed by atoms with Crippen molar-refractivity contribution in [2.24, 2.45) is 0 Å². The number of alkyl halides is 1. The van der Waals surface area contributed by atoms with Crippen molar-refractivity contribution in [2.45, 2.75) is 31.2 Å². The number of fused-ring (bicyclic) bond motifs is 1. The lowest BCUT2D eigenvalue weighted by molar-refractivity contribution is -0.0660. The second-order valence-electron chi connectivity index (χ2n) is 6.08. The zero-order valence-electron chi connectivity index (χ0n) is 13.8. The van der Waals surface area contributed by atoms with Crippen molar-refractivity contribution in [3.05, 3.63) is 48.5 Å². The van der Waals surface area contributed by atoms with Crippen LogP contribution in [0.3, 0.4) is 0 Å². The summed E-state index contributed by atoms with van der Waals surface area (Å²) < 4.78 is 27.3. The number of aromatic nitrogens is 4. The van der Waals surface area contributed by atoms with Crippen LogP contribution in [-0.2, 0) is 16.1 Å². The highest BCUT2D eigenvalue weighted by Gasteiger charge is 2.45. The second kappa shape index (κ2) is 6.94. The number of rotatable bonds is 5. The Bertz CT molecular complexity index is 890. The second-order valence-corrected chi connectivity index (χ2v) is 6.08. The Hall–Kier alpha value is -2.62. The Morgan fingerprint density at radius 1 is 1.23 bits per heavy atom. The Balaban J connectivity index is 1.46. The molecule has 4 rings (SSSR count). The molecule has 0 bridgehead atoms. The van der Waals surface area contributed by atoms with Gasteiger partial charge in [-0.3, -0.25) is 4.57 Å². The van der Waals surface area contributed by atoms with Crippen LogP contribution < -0.4 is 5.73 Å². The van der Waals surface area contributed by atoms with E-state index in [1.54, 1.807) is 0 Å². The lowest BCUT2D eigenvalue weighted by Gasteiger charge is -2.15. The van der Waals surface area contributed by atoms with Gasteiger partial charge in [0.1, 0.15) is 24.1 Å². The number of benzene rings is 1. The van der Waals surface area contributed by atoms with Gasteiger partial charge in [-0.1, -0.05) is 30.3 Å². The van der Waals surface area contributed by atoms with Crippen molar-refractivity contribution in [2.75, 3.05) is 12.3 Å². The number of imidazole rings is 1. The number of ether oxygens (including phenoxy) is 2. The van der Waals surface area contributed by atoms with E-state index >= 15 is 0 Å². The van der Waals surface area contributed by atoms with Crippen LogP contribution >= 0.6 is 0 Å². The first kappa shape index (κ1) is 16.8. The van der Waals surface area contributed by atoms with Crippen molar-refractivity contribution >= 4 is 17.0 Å². The smallest absolute Gasteiger partial charge is 0.173 e. The topological polar surface area (TPSA) is 108 Å². The maximum Gasteiger partial charge on any atom is 0.173 e. The number of hydrogen-bond donors (Lipinski definition) is 2. The number of aliphatic hydroxyl groups excluding tert-OH is 1. The van der Waals surface area contributed by atoms with Gasteiger partial charge >= 0.3 is 0 Å². The van der Waals surface area contributed by atoms with Crippen molar-refractivity contribution in [1.82, 2.24) is 19.5 Å². The summed E-state index contributed by atoms with van der Waals surface area (Å²) in [6.45, 7) is 0.420. The van der Waals surface area contributed by atoms with Gasteiger partial charge in [0, 0.05) is 0 Å². The monoisotopic (exact) mass is 359 g/mol. The van der Waals surface area contributed by atoms with Gasteiger partial charge in [0.25, 0.3) is 0 Å². The molecule has 2 aromatic heterocycles. The van der Waals surface area contributed by atoms with E-state index in [2.05, 4.69) is 15.0 Å². The van der Waals surface area contributed by atoms with E-state index in [1.165, 1.54) is 17.2 Å². The third kappa shape index (κ3) is 3.00. The molecular weight excluding hydrogens is 341 g/mol. The minimum absolute atomic E-state index is 0.0662. The molecule has 0 unspecified atom stereocenters. The Morgan fingerprint density at radius 3 is 2.85 bits per heavy atom. The summed E-state index contributed by atoms with van der Waals surface area (Å²) in [5.74, 6) is 0.199. The molecule has 1 aliphatic rings. The van der Waals surface area contributed by atoms with Gasteiger partial charge < -0.3 is 20.3 Å². The molecule has 0 saturated carbocycles. The molecule has 0 spiro atoms. The van der Waals surface area contributed by atoms with Crippen molar-refractivity contribution in [1.29, 1.82) is 0 Å². The number of nitrogens with zero attached hydrogens (tertiary/aromatic N) is 4. The van der Waals surface area contributed by atoms with E-state index in [0.717, 1.165) is 5.56 Å². The molecule has 8 nitrogen and oxygen atoms in total. The van der Waals surface area contributed by atoms with E-state index in [4.69, 9.17) is 15.2 Å². The molecular formula is C17H18FN5O3. The molecule has 1 aromatic carbocycles. The molecule has 136 valence electrons. The fourth-order valence-electron chi connectivity index (χ4n) is 2.99. The Labute approximate surface area is 148 Å². The molecule has 1 aliphatic heterocycles. The minimum Gasteiger partial charge on any atom is -0.387 e. The van der Waals surface area contributed by atoms with Crippen LogP contribution in [0.25, 0.3) is 11.2 Å². The molecule has 26 heavy (non-hydrogen) atoms. The van der Waals surface area contributed by atoms with E-state index < -0.39 is 24.6 Å². The fraction of sp³-hybridized carbons (Fsp3) is 0.353. The Morgan fingerprint density at radius 2 is 2.04 bits per heavy atom. The molecule has 1 saturated heterocycles. The van der Waals surface area contributed by atoms with Gasteiger partial charge in [0.05, 0.1) is 19.5 Å². The third-order valence-corrected chi connectivity index (χ3v) is 4.35. The Kier molecular flexibility index (Phi) is 4.49. The van der Waals surface area contributed by atoms with Crippen molar-refractivity contribution < 1.29 is 19.0 Å². The predicted octanol–water partition coefficient (Wildman–Crippen LogP) is 1.22. The van der Waals surface area contributed by atoms with Gasteiger partial charge in [0.15, 0.2) is 23.9 Å². The summed E-state index contributed by atoms with van der Waals surface area (Å²) in [6, 6.07) is 9.58. The molecule has 3 N–H and O–H groups in total. The number of nitrogens with two attached hydrogens (primary N) is 1. The highest BCUT2D eigenvalue weighted by molar-refractivity contribution is 5.81. The van der Waals surface area contributed by atoms with E-state index in [9.17, 15) is 9.50 Å². The van der Waals surface area contributed by atoms with E-state index in [0.29, 0.717) is 17.8 Å². The number of nitrogen functional groups attached to an aromatic ring is 1. The fourth-order valence-corrected chi connectivity index (χ4v) is 2.99. The first-order valence-electron chi connectivity index (χ1n) is 8.17. The molecule has 9 heteroatoms. The quantitative estimate of drug-likeness (QED) is 0.705. The summed E-state index contributed by atoms with van der Waals surface area (Å²) in [7, 11) is 0. The molecule has 0 radical (unpaired) electrons. The summed E-state index contributed by atoms with van der Waals surface area (Å²) in [5.41, 5.74) is 7.45. The lowest BCUT2D eigenvalue weighted by atomic mass is 10.1. The van der Waals surface area contributed by atoms with Gasteiger partial charge in [-0.2, -0.15) is 0 Å². The average molecular weight is 359 g/mol. The van der Waals surface area contributed by atoms with Crippen molar-refractivity contribution in [3.8, 4) is 0 Å². The first-order chi connectivity index (χ1) is 12.6. The number of halogens is 1. The maximum absolute atomic E-state index is 14.6. The number of hydrogen-bond acceptors (Lipinski definition) is 7. The molecule has 1 fully saturated rings. The number of anilines is 1. The van der Waals surface area contributed by atoms with Crippen molar-refractivity contribution in [3.63, 3.8) is 0 Å². The third-order valence-electron chi connectivity index (χ3n) is 4.35. The zero-order valence-corrected chi connectivity index (χ0v) is 13.8. The van der Waals surface area contributed by atoms with Crippen LogP contribution in [-0.4, -0.2) is 49.6 Å². The molecule has 0 aliphatic carbocycles. The van der Waals surface area contributed by atoms with E-state index in [-0.39, 0.29) is 12.4 Å². The summed E-state index contributed by atoms with van der Waals surface area (Å²) in [5, 5.41) is 10.2. The molecule has 0 amide bonds. The van der Waals surface area contributed by atoms with Crippen LogP contribution in [0.1, 0.15) is 11.8 Å². The van der Waals surface area contributed by atoms with Gasteiger partial charge in [-0.05, 0) is 5.56 Å². The van der Waals surface area contributed by atoms with Gasteiger partial charge in [0.2, 0.25) is 0 Å². The van der Waals surface area contributed by atoms with Crippen LogP contribution in [0.5, 0.6) is 0 Å².